The number of carbonyl (C=O) groups excluding carboxylic acids is 1. The summed E-state index contributed by atoms with van der Waals surface area (Å²) in [7, 11) is 0. The monoisotopic (exact) mass is 280 g/mol. The van der Waals surface area contributed by atoms with E-state index in [1.54, 1.807) is 4.90 Å². The second-order valence-corrected chi connectivity index (χ2v) is 6.61. The van der Waals surface area contributed by atoms with Crippen molar-refractivity contribution < 1.29 is 14.7 Å². The van der Waals surface area contributed by atoms with E-state index in [2.05, 4.69) is 5.32 Å². The van der Waals surface area contributed by atoms with Gasteiger partial charge in [0, 0.05) is 19.1 Å². The van der Waals surface area contributed by atoms with Crippen LogP contribution in [0.3, 0.4) is 0 Å². The summed E-state index contributed by atoms with van der Waals surface area (Å²) in [6, 6.07) is -0.173. The Kier molecular flexibility index (Phi) is 3.85. The highest BCUT2D eigenvalue weighted by Crippen LogP contribution is 2.48. The van der Waals surface area contributed by atoms with Crippen LogP contribution < -0.4 is 5.32 Å². The molecule has 3 rings (SSSR count). The van der Waals surface area contributed by atoms with Crippen molar-refractivity contribution >= 4 is 12.0 Å². The summed E-state index contributed by atoms with van der Waals surface area (Å²) >= 11 is 0. The lowest BCUT2D eigenvalue weighted by Gasteiger charge is -2.25. The van der Waals surface area contributed by atoms with Gasteiger partial charge in [0.1, 0.15) is 0 Å². The summed E-state index contributed by atoms with van der Waals surface area (Å²) in [5, 5.41) is 12.0. The Bertz CT molecular complexity index is 379. The zero-order valence-electron chi connectivity index (χ0n) is 11.9. The molecule has 0 radical (unpaired) electrons. The lowest BCUT2D eigenvalue weighted by Crippen LogP contribution is -2.45. The van der Waals surface area contributed by atoms with Crippen molar-refractivity contribution in [2.75, 3.05) is 13.1 Å². The van der Waals surface area contributed by atoms with Gasteiger partial charge in [0.25, 0.3) is 0 Å². The van der Waals surface area contributed by atoms with Crippen LogP contribution >= 0.6 is 0 Å². The van der Waals surface area contributed by atoms with Crippen molar-refractivity contribution in [2.24, 2.45) is 17.8 Å². The molecule has 2 amide bonds. The van der Waals surface area contributed by atoms with Gasteiger partial charge in [-0.1, -0.05) is 0 Å². The van der Waals surface area contributed by atoms with E-state index in [1.165, 1.54) is 25.7 Å². The first-order valence-electron chi connectivity index (χ1n) is 7.91. The third-order valence-electron chi connectivity index (χ3n) is 4.99. The Morgan fingerprint density at radius 2 is 1.80 bits per heavy atom. The molecule has 0 bridgehead atoms. The Morgan fingerprint density at radius 3 is 2.35 bits per heavy atom. The van der Waals surface area contributed by atoms with E-state index in [4.69, 9.17) is 5.11 Å². The van der Waals surface area contributed by atoms with Crippen LogP contribution in [0.1, 0.15) is 44.9 Å². The minimum Gasteiger partial charge on any atom is -0.481 e. The molecule has 1 saturated heterocycles. The Morgan fingerprint density at radius 1 is 1.15 bits per heavy atom. The van der Waals surface area contributed by atoms with Gasteiger partial charge in [0.2, 0.25) is 0 Å². The Balaban J connectivity index is 1.48. The summed E-state index contributed by atoms with van der Waals surface area (Å²) in [6.45, 7) is 1.48. The first kappa shape index (κ1) is 13.7. The number of hydrogen-bond donors (Lipinski definition) is 2. The van der Waals surface area contributed by atoms with Gasteiger partial charge in [-0.3, -0.25) is 4.79 Å². The summed E-state index contributed by atoms with van der Waals surface area (Å²) < 4.78 is 0. The van der Waals surface area contributed by atoms with Crippen LogP contribution in [0, 0.1) is 17.8 Å². The molecule has 3 aliphatic rings. The van der Waals surface area contributed by atoms with Gasteiger partial charge in [-0.05, 0) is 56.3 Å². The van der Waals surface area contributed by atoms with E-state index in [0.29, 0.717) is 12.5 Å². The smallest absolute Gasteiger partial charge is 0.317 e. The zero-order valence-corrected chi connectivity index (χ0v) is 11.9. The van der Waals surface area contributed by atoms with Crippen LogP contribution in [-0.4, -0.2) is 41.1 Å². The van der Waals surface area contributed by atoms with E-state index < -0.39 is 5.97 Å². The maximum Gasteiger partial charge on any atom is 0.317 e. The maximum atomic E-state index is 12.2. The van der Waals surface area contributed by atoms with Crippen LogP contribution in [0.15, 0.2) is 0 Å². The average Bonchev–Trinajstić information content (AvgIpc) is 3.30. The fourth-order valence-corrected chi connectivity index (χ4v) is 3.59. The lowest BCUT2D eigenvalue weighted by atomic mass is 9.98. The number of nitrogens with zero attached hydrogens (tertiary/aromatic N) is 1. The minimum absolute atomic E-state index is 0.0555. The van der Waals surface area contributed by atoms with Crippen LogP contribution in [-0.2, 0) is 4.79 Å². The van der Waals surface area contributed by atoms with Gasteiger partial charge in [0.15, 0.2) is 0 Å². The standard InChI is InChI=1S/C15H24N2O3/c18-14(19)8-12-2-1-7-17(12)15(20)16-9-13(10-3-4-10)11-5-6-11/h10-13H,1-9H2,(H,16,20)(H,18,19). The van der Waals surface area contributed by atoms with Gasteiger partial charge < -0.3 is 15.3 Å². The summed E-state index contributed by atoms with van der Waals surface area (Å²) in [6.07, 6.45) is 7.09. The number of hydrogen-bond acceptors (Lipinski definition) is 2. The van der Waals surface area contributed by atoms with Crippen molar-refractivity contribution in [3.05, 3.63) is 0 Å². The number of rotatable bonds is 6. The van der Waals surface area contributed by atoms with E-state index in [0.717, 1.165) is 31.2 Å². The molecule has 3 fully saturated rings. The van der Waals surface area contributed by atoms with Crippen LogP contribution in [0.5, 0.6) is 0 Å². The van der Waals surface area contributed by atoms with Crippen molar-refractivity contribution in [1.82, 2.24) is 10.2 Å². The predicted octanol–water partition coefficient (Wildman–Crippen LogP) is 2.07. The third kappa shape index (κ3) is 3.25. The third-order valence-corrected chi connectivity index (χ3v) is 4.99. The summed E-state index contributed by atoms with van der Waals surface area (Å²) in [4.78, 5) is 24.8. The van der Waals surface area contributed by atoms with Crippen molar-refractivity contribution in [2.45, 2.75) is 51.0 Å². The highest BCUT2D eigenvalue weighted by Gasteiger charge is 2.41. The van der Waals surface area contributed by atoms with Gasteiger partial charge in [0.05, 0.1) is 6.42 Å². The lowest BCUT2D eigenvalue weighted by molar-refractivity contribution is -0.137. The molecule has 2 saturated carbocycles. The second kappa shape index (κ2) is 5.62. The largest absolute Gasteiger partial charge is 0.481 e. The number of amides is 2. The second-order valence-electron chi connectivity index (χ2n) is 6.61. The molecule has 20 heavy (non-hydrogen) atoms. The first-order valence-corrected chi connectivity index (χ1v) is 7.91. The quantitative estimate of drug-likeness (QED) is 0.782. The van der Waals surface area contributed by atoms with Crippen LogP contribution in [0.25, 0.3) is 0 Å². The fraction of sp³-hybridized carbons (Fsp3) is 0.867. The van der Waals surface area contributed by atoms with E-state index in [1.807, 2.05) is 0 Å². The first-order chi connectivity index (χ1) is 9.65. The van der Waals surface area contributed by atoms with Gasteiger partial charge >= 0.3 is 12.0 Å². The molecule has 0 aromatic rings. The summed E-state index contributed by atoms with van der Waals surface area (Å²) in [5.74, 6) is 1.51. The molecule has 0 aromatic heterocycles. The molecule has 1 unspecified atom stereocenters. The van der Waals surface area contributed by atoms with Crippen LogP contribution in [0.2, 0.25) is 0 Å². The number of carbonyl (C=O) groups is 2. The normalized spacial score (nSPS) is 26.1. The topological polar surface area (TPSA) is 69.6 Å². The number of urea groups is 1. The molecule has 5 nitrogen and oxygen atoms in total. The van der Waals surface area contributed by atoms with Crippen molar-refractivity contribution in [3.63, 3.8) is 0 Å². The number of carboxylic acid groups (broad SMARTS) is 1. The Labute approximate surface area is 119 Å². The predicted molar refractivity (Wildman–Crippen MR) is 74.3 cm³/mol. The molecular formula is C15H24N2O3. The molecule has 5 heteroatoms. The molecule has 2 aliphatic carbocycles. The number of nitrogens with one attached hydrogen (secondary N) is 1. The fourth-order valence-electron chi connectivity index (χ4n) is 3.59. The number of aliphatic carboxylic acids is 1. The average molecular weight is 280 g/mol. The summed E-state index contributed by atoms with van der Waals surface area (Å²) in [5.41, 5.74) is 0. The molecule has 0 aromatic carbocycles. The maximum absolute atomic E-state index is 12.2. The molecule has 1 aliphatic heterocycles. The van der Waals surface area contributed by atoms with E-state index in [9.17, 15) is 9.59 Å². The van der Waals surface area contributed by atoms with Gasteiger partial charge in [-0.25, -0.2) is 4.79 Å². The zero-order chi connectivity index (χ0) is 14.1. The molecular weight excluding hydrogens is 256 g/mol. The van der Waals surface area contributed by atoms with Crippen molar-refractivity contribution in [1.29, 1.82) is 0 Å². The van der Waals surface area contributed by atoms with Crippen LogP contribution in [0.4, 0.5) is 4.79 Å². The molecule has 1 heterocycles. The minimum atomic E-state index is -0.816. The Hall–Kier alpha value is -1.26. The number of carboxylic acids is 1. The van der Waals surface area contributed by atoms with Gasteiger partial charge in [-0.2, -0.15) is 0 Å². The molecule has 0 spiro atoms. The number of likely N-dealkylation sites (tertiary alicyclic amines) is 1. The highest BCUT2D eigenvalue weighted by atomic mass is 16.4. The molecule has 1 atom stereocenters. The molecule has 112 valence electrons. The highest BCUT2D eigenvalue weighted by molar-refractivity contribution is 5.76. The van der Waals surface area contributed by atoms with Gasteiger partial charge in [-0.15, -0.1) is 0 Å². The molecule has 2 N–H and O–H groups in total. The SMILES string of the molecule is O=C(O)CC1CCCN1C(=O)NCC(C1CC1)C1CC1. The van der Waals surface area contributed by atoms with E-state index >= 15 is 0 Å². The van der Waals surface area contributed by atoms with E-state index in [-0.39, 0.29) is 18.5 Å². The van der Waals surface area contributed by atoms with Crippen molar-refractivity contribution in [3.8, 4) is 0 Å².